The fourth-order valence-corrected chi connectivity index (χ4v) is 1.34. The number of fused-ring (bicyclic) bond motifs is 1. The fraction of sp³-hybridized carbons (Fsp3) is 0. The Morgan fingerprint density at radius 2 is 2.31 bits per heavy atom. The SMILES string of the molecule is Nc1nc2cc(Br)cnc2c(=O)[nH]1. The molecule has 0 saturated heterocycles. The van der Waals surface area contributed by atoms with Crippen LogP contribution in [0.25, 0.3) is 11.0 Å². The van der Waals surface area contributed by atoms with Gasteiger partial charge < -0.3 is 5.73 Å². The third-order valence-electron chi connectivity index (χ3n) is 1.53. The number of pyridine rings is 1. The predicted molar refractivity (Wildman–Crippen MR) is 52.3 cm³/mol. The van der Waals surface area contributed by atoms with Crippen molar-refractivity contribution >= 4 is 32.9 Å². The van der Waals surface area contributed by atoms with Crippen molar-refractivity contribution in [3.8, 4) is 0 Å². The zero-order valence-corrected chi connectivity index (χ0v) is 8.00. The first-order valence-corrected chi connectivity index (χ1v) is 4.27. The summed E-state index contributed by atoms with van der Waals surface area (Å²) in [5.41, 5.74) is 5.81. The number of nitrogens with zero attached hydrogens (tertiary/aromatic N) is 2. The van der Waals surface area contributed by atoms with Crippen molar-refractivity contribution in [2.24, 2.45) is 0 Å². The van der Waals surface area contributed by atoms with Gasteiger partial charge in [-0.25, -0.2) is 9.97 Å². The summed E-state index contributed by atoms with van der Waals surface area (Å²) in [6.45, 7) is 0. The highest BCUT2D eigenvalue weighted by molar-refractivity contribution is 9.10. The van der Waals surface area contributed by atoms with E-state index in [-0.39, 0.29) is 17.0 Å². The number of halogens is 1. The molecule has 2 rings (SSSR count). The molecule has 0 radical (unpaired) electrons. The molecule has 6 heteroatoms. The van der Waals surface area contributed by atoms with E-state index in [0.29, 0.717) is 5.52 Å². The summed E-state index contributed by atoms with van der Waals surface area (Å²) < 4.78 is 0.762. The molecular formula is C7H5BrN4O. The Bertz CT molecular complexity index is 516. The molecule has 66 valence electrons. The van der Waals surface area contributed by atoms with Crippen molar-refractivity contribution in [3.05, 3.63) is 27.1 Å². The van der Waals surface area contributed by atoms with Gasteiger partial charge >= 0.3 is 0 Å². The minimum atomic E-state index is -0.324. The average molecular weight is 241 g/mol. The van der Waals surface area contributed by atoms with Gasteiger partial charge in [-0.3, -0.25) is 9.78 Å². The van der Waals surface area contributed by atoms with Crippen molar-refractivity contribution in [1.29, 1.82) is 0 Å². The molecule has 0 aliphatic heterocycles. The number of hydrogen-bond acceptors (Lipinski definition) is 4. The van der Waals surface area contributed by atoms with E-state index >= 15 is 0 Å². The monoisotopic (exact) mass is 240 g/mol. The van der Waals surface area contributed by atoms with Crippen LogP contribution in [-0.2, 0) is 0 Å². The molecule has 0 bridgehead atoms. The molecule has 0 aliphatic rings. The topological polar surface area (TPSA) is 84.7 Å². The summed E-state index contributed by atoms with van der Waals surface area (Å²) in [5.74, 6) is 0.0948. The van der Waals surface area contributed by atoms with E-state index in [1.807, 2.05) is 0 Å². The van der Waals surface area contributed by atoms with E-state index in [9.17, 15) is 4.79 Å². The van der Waals surface area contributed by atoms with Crippen LogP contribution in [0, 0.1) is 0 Å². The number of anilines is 1. The number of nitrogens with one attached hydrogen (secondary N) is 1. The number of hydrogen-bond donors (Lipinski definition) is 2. The first kappa shape index (κ1) is 8.18. The quantitative estimate of drug-likeness (QED) is 0.709. The normalized spacial score (nSPS) is 10.5. The predicted octanol–water partition coefficient (Wildman–Crippen LogP) is 0.663. The van der Waals surface area contributed by atoms with Crippen molar-refractivity contribution in [2.75, 3.05) is 5.73 Å². The summed E-state index contributed by atoms with van der Waals surface area (Å²) in [6, 6.07) is 1.69. The van der Waals surface area contributed by atoms with Gasteiger partial charge in [0.15, 0.2) is 5.52 Å². The number of nitrogen functional groups attached to an aromatic ring is 1. The third kappa shape index (κ3) is 1.40. The second-order valence-electron chi connectivity index (χ2n) is 2.47. The molecule has 2 aromatic rings. The van der Waals surface area contributed by atoms with Crippen LogP contribution in [0.3, 0.4) is 0 Å². The third-order valence-corrected chi connectivity index (χ3v) is 1.97. The Kier molecular flexibility index (Phi) is 1.77. The van der Waals surface area contributed by atoms with E-state index < -0.39 is 0 Å². The Balaban J connectivity index is 2.95. The highest BCUT2D eigenvalue weighted by Crippen LogP contribution is 2.12. The Morgan fingerprint density at radius 3 is 3.08 bits per heavy atom. The molecule has 13 heavy (non-hydrogen) atoms. The molecule has 5 nitrogen and oxygen atoms in total. The van der Waals surface area contributed by atoms with Gasteiger partial charge in [0.2, 0.25) is 5.95 Å². The number of aromatic amines is 1. The van der Waals surface area contributed by atoms with Crippen LogP contribution in [-0.4, -0.2) is 15.0 Å². The lowest BCUT2D eigenvalue weighted by Gasteiger charge is -1.97. The van der Waals surface area contributed by atoms with Crippen molar-refractivity contribution in [1.82, 2.24) is 15.0 Å². The summed E-state index contributed by atoms with van der Waals surface area (Å²) in [6.07, 6.45) is 1.54. The van der Waals surface area contributed by atoms with Crippen LogP contribution in [0.5, 0.6) is 0 Å². The number of H-pyrrole nitrogens is 1. The molecule has 2 aromatic heterocycles. The molecule has 0 aliphatic carbocycles. The zero-order chi connectivity index (χ0) is 9.42. The molecule has 3 N–H and O–H groups in total. The molecular weight excluding hydrogens is 236 g/mol. The van der Waals surface area contributed by atoms with E-state index in [0.717, 1.165) is 4.47 Å². The summed E-state index contributed by atoms with van der Waals surface area (Å²) in [5, 5.41) is 0. The molecule has 0 spiro atoms. The first-order valence-electron chi connectivity index (χ1n) is 3.48. The van der Waals surface area contributed by atoms with Crippen LogP contribution < -0.4 is 11.3 Å². The van der Waals surface area contributed by atoms with Gasteiger partial charge in [-0.05, 0) is 22.0 Å². The largest absolute Gasteiger partial charge is 0.369 e. The Morgan fingerprint density at radius 1 is 1.54 bits per heavy atom. The lowest BCUT2D eigenvalue weighted by Crippen LogP contribution is -2.12. The number of aromatic nitrogens is 3. The Labute approximate surface area is 81.1 Å². The maximum absolute atomic E-state index is 11.3. The summed E-state index contributed by atoms with van der Waals surface area (Å²) in [7, 11) is 0. The van der Waals surface area contributed by atoms with Crippen LogP contribution in [0.4, 0.5) is 5.95 Å². The molecule has 0 atom stereocenters. The van der Waals surface area contributed by atoms with Gasteiger partial charge in [0.1, 0.15) is 0 Å². The van der Waals surface area contributed by atoms with Gasteiger partial charge in [-0.2, -0.15) is 0 Å². The second-order valence-corrected chi connectivity index (χ2v) is 3.39. The van der Waals surface area contributed by atoms with E-state index in [1.165, 1.54) is 6.20 Å². The summed E-state index contributed by atoms with van der Waals surface area (Å²) in [4.78, 5) is 21.5. The van der Waals surface area contributed by atoms with Crippen molar-refractivity contribution < 1.29 is 0 Å². The fourth-order valence-electron chi connectivity index (χ4n) is 1.02. The van der Waals surface area contributed by atoms with Crippen LogP contribution in [0.15, 0.2) is 21.5 Å². The molecule has 2 heterocycles. The van der Waals surface area contributed by atoms with Crippen LogP contribution in [0.1, 0.15) is 0 Å². The van der Waals surface area contributed by atoms with Gasteiger partial charge in [-0.15, -0.1) is 0 Å². The molecule has 0 fully saturated rings. The van der Waals surface area contributed by atoms with E-state index in [2.05, 4.69) is 30.9 Å². The first-order chi connectivity index (χ1) is 6.16. The molecule has 0 amide bonds. The van der Waals surface area contributed by atoms with Crippen molar-refractivity contribution in [2.45, 2.75) is 0 Å². The zero-order valence-electron chi connectivity index (χ0n) is 6.41. The number of rotatable bonds is 0. The minimum absolute atomic E-state index is 0.0948. The minimum Gasteiger partial charge on any atom is -0.369 e. The van der Waals surface area contributed by atoms with Crippen LogP contribution >= 0.6 is 15.9 Å². The number of nitrogens with two attached hydrogens (primary N) is 1. The highest BCUT2D eigenvalue weighted by Gasteiger charge is 2.02. The molecule has 0 unspecified atom stereocenters. The lowest BCUT2D eigenvalue weighted by atomic mass is 10.4. The summed E-state index contributed by atoms with van der Waals surface area (Å²) >= 11 is 3.23. The lowest BCUT2D eigenvalue weighted by molar-refractivity contribution is 1.16. The molecule has 0 saturated carbocycles. The van der Waals surface area contributed by atoms with Crippen molar-refractivity contribution in [3.63, 3.8) is 0 Å². The van der Waals surface area contributed by atoms with Gasteiger partial charge in [0, 0.05) is 10.7 Å². The van der Waals surface area contributed by atoms with Gasteiger partial charge in [0.25, 0.3) is 5.56 Å². The highest BCUT2D eigenvalue weighted by atomic mass is 79.9. The smallest absolute Gasteiger partial charge is 0.278 e. The van der Waals surface area contributed by atoms with Crippen LogP contribution in [0.2, 0.25) is 0 Å². The van der Waals surface area contributed by atoms with E-state index in [4.69, 9.17) is 5.73 Å². The molecule has 0 aromatic carbocycles. The van der Waals surface area contributed by atoms with Gasteiger partial charge in [0.05, 0.1) is 5.52 Å². The standard InChI is InChI=1S/C7H5BrN4O/c8-3-1-4-5(10-2-3)6(13)12-7(9)11-4/h1-2H,(H3,9,11,12,13). The average Bonchev–Trinajstić information content (AvgIpc) is 2.02. The van der Waals surface area contributed by atoms with Gasteiger partial charge in [-0.1, -0.05) is 0 Å². The maximum Gasteiger partial charge on any atom is 0.278 e. The van der Waals surface area contributed by atoms with E-state index in [1.54, 1.807) is 6.07 Å². The Hall–Kier alpha value is -1.43. The second kappa shape index (κ2) is 2.81. The maximum atomic E-state index is 11.3.